The highest BCUT2D eigenvalue weighted by Crippen LogP contribution is 2.43. The van der Waals surface area contributed by atoms with Gasteiger partial charge in [0.15, 0.2) is 0 Å². The lowest BCUT2D eigenvalue weighted by atomic mass is 10.1. The lowest BCUT2D eigenvalue weighted by Gasteiger charge is -2.20. The van der Waals surface area contributed by atoms with Gasteiger partial charge in [-0.2, -0.15) is 0 Å². The summed E-state index contributed by atoms with van der Waals surface area (Å²) in [7, 11) is -4.53. The van der Waals surface area contributed by atoms with Crippen LogP contribution < -0.4 is 0 Å². The van der Waals surface area contributed by atoms with Crippen LogP contribution in [0.25, 0.3) is 0 Å². The Bertz CT molecular complexity index is 1110. The lowest BCUT2D eigenvalue weighted by molar-refractivity contribution is -0.154. The minimum atomic E-state index is -4.53. The minimum absolute atomic E-state index is 0.0441. The summed E-state index contributed by atoms with van der Waals surface area (Å²) in [5.74, 6) is -0.389. The van der Waals surface area contributed by atoms with E-state index in [9.17, 15) is 19.4 Å². The van der Waals surface area contributed by atoms with Crippen LogP contribution in [0.15, 0.2) is 48.6 Å². The SMILES string of the molecule is CCCCCCC/C=C\C/C=C\C/C=C\CCCCCCCCCCC(=O)OC(COCCCCCCCCCC/C=C\CCCCCCCC)COP(=O)(O)OCC(O)CO. The van der Waals surface area contributed by atoms with Gasteiger partial charge in [0, 0.05) is 13.0 Å². The van der Waals surface area contributed by atoms with Crippen molar-refractivity contribution in [1.82, 2.24) is 0 Å². The normalized spacial score (nSPS) is 14.2. The van der Waals surface area contributed by atoms with Crippen molar-refractivity contribution in [2.24, 2.45) is 0 Å². The van der Waals surface area contributed by atoms with Crippen LogP contribution in [-0.2, 0) is 27.9 Å². The second kappa shape index (κ2) is 48.9. The monoisotopic (exact) mass is 897 g/mol. The largest absolute Gasteiger partial charge is 0.472 e. The van der Waals surface area contributed by atoms with E-state index in [0.717, 1.165) is 64.2 Å². The highest BCUT2D eigenvalue weighted by molar-refractivity contribution is 7.47. The molecule has 62 heavy (non-hydrogen) atoms. The molecule has 0 aromatic carbocycles. The average Bonchev–Trinajstić information content (AvgIpc) is 3.26. The Morgan fingerprint density at radius 1 is 0.500 bits per heavy atom. The van der Waals surface area contributed by atoms with E-state index in [-0.39, 0.29) is 25.6 Å². The van der Waals surface area contributed by atoms with Gasteiger partial charge in [-0.15, -0.1) is 0 Å². The van der Waals surface area contributed by atoms with E-state index >= 15 is 0 Å². The number of ether oxygens (including phenoxy) is 2. The molecule has 0 aromatic heterocycles. The van der Waals surface area contributed by atoms with Crippen molar-refractivity contribution >= 4 is 13.8 Å². The molecule has 0 fully saturated rings. The van der Waals surface area contributed by atoms with Crippen molar-refractivity contribution in [2.75, 3.05) is 33.0 Å². The number of esters is 1. The molecule has 0 amide bonds. The maximum Gasteiger partial charge on any atom is 0.472 e. The molecule has 0 spiro atoms. The Hall–Kier alpha value is -1.58. The summed E-state index contributed by atoms with van der Waals surface area (Å²) in [6, 6.07) is 0. The number of carbonyl (C=O) groups is 1. The molecule has 10 heteroatoms. The van der Waals surface area contributed by atoms with Crippen molar-refractivity contribution in [3.05, 3.63) is 48.6 Å². The van der Waals surface area contributed by atoms with E-state index in [0.29, 0.717) is 6.61 Å². The zero-order chi connectivity index (χ0) is 45.3. The third-order valence-corrected chi connectivity index (χ3v) is 11.9. The third-order valence-electron chi connectivity index (χ3n) is 11.0. The summed E-state index contributed by atoms with van der Waals surface area (Å²) in [6.07, 6.45) is 56.4. The van der Waals surface area contributed by atoms with Crippen molar-refractivity contribution in [1.29, 1.82) is 0 Å². The topological polar surface area (TPSA) is 132 Å². The summed E-state index contributed by atoms with van der Waals surface area (Å²) in [5.41, 5.74) is 0. The van der Waals surface area contributed by atoms with Gasteiger partial charge in [0.25, 0.3) is 0 Å². The third kappa shape index (κ3) is 47.9. The molecule has 0 aliphatic carbocycles. The highest BCUT2D eigenvalue weighted by Gasteiger charge is 2.26. The summed E-state index contributed by atoms with van der Waals surface area (Å²) >= 11 is 0. The van der Waals surface area contributed by atoms with Crippen LogP contribution in [0.4, 0.5) is 0 Å². The van der Waals surface area contributed by atoms with E-state index in [1.807, 2.05) is 0 Å². The number of hydrogen-bond acceptors (Lipinski definition) is 8. The molecule has 0 aliphatic rings. The molecular weight excluding hydrogens is 800 g/mol. The van der Waals surface area contributed by atoms with Gasteiger partial charge in [0.1, 0.15) is 12.2 Å². The summed E-state index contributed by atoms with van der Waals surface area (Å²) < 4.78 is 33.5. The van der Waals surface area contributed by atoms with Crippen molar-refractivity contribution < 1.29 is 43.0 Å². The smallest absolute Gasteiger partial charge is 0.457 e. The number of aliphatic hydroxyl groups is 2. The maximum atomic E-state index is 12.7. The van der Waals surface area contributed by atoms with Gasteiger partial charge in [-0.25, -0.2) is 4.57 Å². The van der Waals surface area contributed by atoms with Gasteiger partial charge in [0.05, 0.1) is 26.4 Å². The maximum absolute atomic E-state index is 12.7. The van der Waals surface area contributed by atoms with Crippen LogP contribution in [-0.4, -0.2) is 66.3 Å². The predicted octanol–water partition coefficient (Wildman–Crippen LogP) is 14.9. The molecule has 0 saturated heterocycles. The number of allylic oxidation sites excluding steroid dienone is 8. The molecule has 0 bridgehead atoms. The number of phosphoric acid groups is 1. The zero-order valence-electron chi connectivity index (χ0n) is 40.1. The number of unbranched alkanes of at least 4 members (excludes halogenated alkanes) is 27. The Labute approximate surface area is 381 Å². The Balaban J connectivity index is 4.10. The van der Waals surface area contributed by atoms with Crippen molar-refractivity contribution in [3.8, 4) is 0 Å². The van der Waals surface area contributed by atoms with Crippen molar-refractivity contribution in [3.63, 3.8) is 0 Å². The number of hydrogen-bond donors (Lipinski definition) is 3. The molecule has 3 unspecified atom stereocenters. The molecule has 0 rings (SSSR count). The first-order valence-corrected chi connectivity index (χ1v) is 27.1. The van der Waals surface area contributed by atoms with Gasteiger partial charge >= 0.3 is 13.8 Å². The average molecular weight is 897 g/mol. The van der Waals surface area contributed by atoms with Gasteiger partial charge in [-0.05, 0) is 77.0 Å². The summed E-state index contributed by atoms with van der Waals surface area (Å²) in [6.45, 7) is 3.51. The van der Waals surface area contributed by atoms with Crippen molar-refractivity contribution in [2.45, 2.75) is 244 Å². The van der Waals surface area contributed by atoms with Gasteiger partial charge in [-0.3, -0.25) is 13.8 Å². The van der Waals surface area contributed by atoms with E-state index in [1.54, 1.807) is 0 Å². The van der Waals surface area contributed by atoms with Crippen LogP contribution in [0.3, 0.4) is 0 Å². The van der Waals surface area contributed by atoms with E-state index in [1.165, 1.54) is 148 Å². The Kier molecular flexibility index (Phi) is 47.6. The van der Waals surface area contributed by atoms with Crippen LogP contribution in [0.5, 0.6) is 0 Å². The fourth-order valence-corrected chi connectivity index (χ4v) is 7.85. The minimum Gasteiger partial charge on any atom is -0.457 e. The molecule has 364 valence electrons. The highest BCUT2D eigenvalue weighted by atomic mass is 31.2. The number of carbonyl (C=O) groups excluding carboxylic acids is 1. The first-order chi connectivity index (χ1) is 30.3. The molecule has 3 atom stereocenters. The molecule has 0 heterocycles. The molecule has 3 N–H and O–H groups in total. The van der Waals surface area contributed by atoms with Crippen LogP contribution >= 0.6 is 7.82 Å². The fraction of sp³-hybridized carbons (Fsp3) is 0.827. The fourth-order valence-electron chi connectivity index (χ4n) is 7.06. The first kappa shape index (κ1) is 60.4. The van der Waals surface area contributed by atoms with E-state index in [2.05, 4.69) is 62.5 Å². The number of phosphoric ester groups is 1. The molecule has 0 radical (unpaired) electrons. The van der Waals surface area contributed by atoms with Gasteiger partial charge in [0.2, 0.25) is 0 Å². The number of aliphatic hydroxyl groups excluding tert-OH is 2. The molecular formula is C52H97O9P. The molecule has 0 aromatic rings. The zero-order valence-corrected chi connectivity index (χ0v) is 41.0. The van der Waals surface area contributed by atoms with E-state index in [4.69, 9.17) is 23.6 Å². The summed E-state index contributed by atoms with van der Waals surface area (Å²) in [4.78, 5) is 22.7. The summed E-state index contributed by atoms with van der Waals surface area (Å²) in [5, 5.41) is 18.4. The molecule has 0 saturated carbocycles. The lowest BCUT2D eigenvalue weighted by Crippen LogP contribution is -2.29. The quantitative estimate of drug-likeness (QED) is 0.0236. The van der Waals surface area contributed by atoms with Crippen LogP contribution in [0.2, 0.25) is 0 Å². The molecule has 0 aliphatic heterocycles. The molecule has 9 nitrogen and oxygen atoms in total. The van der Waals surface area contributed by atoms with E-state index < -0.39 is 33.2 Å². The Morgan fingerprint density at radius 2 is 0.871 bits per heavy atom. The standard InChI is InChI=1S/C52H97O9P/c1-3-5-7-9-11-13-15-17-19-21-23-24-25-26-27-28-30-32-34-36-38-40-42-44-52(55)61-51(49-60-62(56,57)59-47-50(54)46-53)48-58-45-43-41-39-37-35-33-31-29-22-20-18-16-14-12-10-8-6-4-2/h15,17-18,20-21,23,25-26,50-51,53-54H,3-14,16,19,22,24,27-49H2,1-2H3,(H,56,57)/b17-15-,20-18-,23-21-,26-25-. The second-order valence-electron chi connectivity index (χ2n) is 17.2. The van der Waals surface area contributed by atoms with Gasteiger partial charge in [-0.1, -0.05) is 197 Å². The predicted molar refractivity (Wildman–Crippen MR) is 260 cm³/mol. The van der Waals surface area contributed by atoms with Crippen LogP contribution in [0, 0.1) is 0 Å². The Morgan fingerprint density at radius 3 is 1.32 bits per heavy atom. The van der Waals surface area contributed by atoms with Crippen LogP contribution in [0.1, 0.15) is 232 Å². The second-order valence-corrected chi connectivity index (χ2v) is 18.6. The number of rotatable bonds is 49. The first-order valence-electron chi connectivity index (χ1n) is 25.6. The van der Waals surface area contributed by atoms with Gasteiger partial charge < -0.3 is 24.6 Å².